The summed E-state index contributed by atoms with van der Waals surface area (Å²) in [5.41, 5.74) is 16.7. The number of hydrogen-bond acceptors (Lipinski definition) is 4. The number of hydrogen-bond donors (Lipinski definition) is 0. The average Bonchev–Trinajstić information content (AvgIpc) is 3.60. The third-order valence-corrected chi connectivity index (χ3v) is 12.7. The minimum absolute atomic E-state index is 0.579. The maximum Gasteiger partial charge on any atom is 0.160 e. The summed E-state index contributed by atoms with van der Waals surface area (Å²) in [6.07, 6.45) is 0. The second-order valence-electron chi connectivity index (χ2n) is 14.8. The summed E-state index contributed by atoms with van der Waals surface area (Å²) in [6, 6.07) is 73.2. The van der Waals surface area contributed by atoms with Gasteiger partial charge >= 0.3 is 0 Å². The molecule has 3 nitrogen and oxygen atoms in total. The van der Waals surface area contributed by atoms with E-state index in [9.17, 15) is 5.26 Å². The lowest BCUT2D eigenvalue weighted by molar-refractivity contribution is 0.722. The Kier molecular flexibility index (Phi) is 8.03. The van der Waals surface area contributed by atoms with E-state index < -0.39 is 5.41 Å². The molecule has 1 aliphatic carbocycles. The first-order valence-corrected chi connectivity index (χ1v) is 20.3. The molecule has 1 aromatic heterocycles. The highest BCUT2D eigenvalue weighted by molar-refractivity contribution is 7.99. The molecular formula is C54H33N3S. The maximum absolute atomic E-state index is 10.1. The van der Waals surface area contributed by atoms with E-state index in [4.69, 9.17) is 9.97 Å². The molecular weight excluding hydrogens is 723 g/mol. The SMILES string of the molecule is N#Cc1ccc2c(c1)C1(c3cc(-c4cccc(-c5cc(-c6cccc(-c7ccccc7)c6)nc(-c6ccccc6)n5)c4)ccc3S2)c2ccccc2-c2ccccc21. The van der Waals surface area contributed by atoms with Crippen molar-refractivity contribution in [3.05, 3.63) is 228 Å². The van der Waals surface area contributed by atoms with E-state index in [-0.39, 0.29) is 0 Å². The summed E-state index contributed by atoms with van der Waals surface area (Å²) in [5.74, 6) is 0.685. The van der Waals surface area contributed by atoms with Gasteiger partial charge in [0.05, 0.1) is 28.4 Å². The number of fused-ring (bicyclic) bond motifs is 9. The molecule has 11 rings (SSSR count). The van der Waals surface area contributed by atoms with Gasteiger partial charge in [0.2, 0.25) is 0 Å². The molecule has 1 spiro atoms. The molecule has 270 valence electrons. The summed E-state index contributed by atoms with van der Waals surface area (Å²) < 4.78 is 0. The van der Waals surface area contributed by atoms with Gasteiger partial charge in [0.1, 0.15) is 0 Å². The molecule has 0 N–H and O–H groups in total. The minimum Gasteiger partial charge on any atom is -0.228 e. The van der Waals surface area contributed by atoms with Gasteiger partial charge in [-0.05, 0) is 104 Å². The van der Waals surface area contributed by atoms with Crippen molar-refractivity contribution < 1.29 is 0 Å². The van der Waals surface area contributed by atoms with Crippen LogP contribution in [0.3, 0.4) is 0 Å². The standard InChI is InChI=1S/C54H33N3S/c55-34-35-25-27-51-47(29-35)54(45-23-9-7-21-43(45)44-22-8-10-24-46(44)54)48-32-40(26-28-52(48)58-51)39-18-12-20-42(31-39)50-33-49(56-53(57-50)37-15-5-2-6-16-37)41-19-11-17-38(30-41)36-13-3-1-4-14-36/h1-33H. The summed E-state index contributed by atoms with van der Waals surface area (Å²) in [6.45, 7) is 0. The molecule has 2 aliphatic rings. The molecule has 58 heavy (non-hydrogen) atoms. The number of aromatic nitrogens is 2. The van der Waals surface area contributed by atoms with Crippen molar-refractivity contribution in [2.75, 3.05) is 0 Å². The van der Waals surface area contributed by atoms with Crippen molar-refractivity contribution >= 4 is 11.8 Å². The van der Waals surface area contributed by atoms with Crippen molar-refractivity contribution in [1.29, 1.82) is 5.26 Å². The molecule has 4 heteroatoms. The topological polar surface area (TPSA) is 49.6 Å². The van der Waals surface area contributed by atoms with Gasteiger partial charge in [-0.25, -0.2) is 9.97 Å². The molecule has 0 fully saturated rings. The van der Waals surface area contributed by atoms with Crippen LogP contribution in [0.5, 0.6) is 0 Å². The van der Waals surface area contributed by atoms with E-state index in [0.717, 1.165) is 50.3 Å². The van der Waals surface area contributed by atoms with Crippen LogP contribution in [-0.2, 0) is 5.41 Å². The van der Waals surface area contributed by atoms with Crippen LogP contribution in [0.2, 0.25) is 0 Å². The van der Waals surface area contributed by atoms with Gasteiger partial charge < -0.3 is 0 Å². The van der Waals surface area contributed by atoms with Gasteiger partial charge in [-0.15, -0.1) is 0 Å². The summed E-state index contributed by atoms with van der Waals surface area (Å²) >= 11 is 1.79. The molecule has 0 unspecified atom stereocenters. The van der Waals surface area contributed by atoms with Gasteiger partial charge in [-0.1, -0.05) is 163 Å². The first-order chi connectivity index (χ1) is 28.7. The second-order valence-corrected chi connectivity index (χ2v) is 15.9. The zero-order chi connectivity index (χ0) is 38.6. The van der Waals surface area contributed by atoms with Crippen LogP contribution in [0.15, 0.2) is 210 Å². The fourth-order valence-electron chi connectivity index (χ4n) is 8.96. The molecule has 0 saturated carbocycles. The zero-order valence-corrected chi connectivity index (χ0v) is 32.1. The Morgan fingerprint density at radius 1 is 0.379 bits per heavy atom. The van der Waals surface area contributed by atoms with E-state index in [2.05, 4.69) is 176 Å². The Balaban J connectivity index is 1.07. The monoisotopic (exact) mass is 755 g/mol. The van der Waals surface area contributed by atoms with Crippen LogP contribution in [0.1, 0.15) is 27.8 Å². The van der Waals surface area contributed by atoms with Crippen LogP contribution in [-0.4, -0.2) is 9.97 Å². The lowest BCUT2D eigenvalue weighted by Gasteiger charge is -2.40. The summed E-state index contributed by atoms with van der Waals surface area (Å²) in [7, 11) is 0. The lowest BCUT2D eigenvalue weighted by Crippen LogP contribution is -2.32. The molecule has 0 amide bonds. The molecule has 0 radical (unpaired) electrons. The van der Waals surface area contributed by atoms with Crippen molar-refractivity contribution in [3.63, 3.8) is 0 Å². The third-order valence-electron chi connectivity index (χ3n) is 11.6. The van der Waals surface area contributed by atoms with Crippen molar-refractivity contribution in [3.8, 4) is 73.4 Å². The number of rotatable bonds is 5. The van der Waals surface area contributed by atoms with Gasteiger partial charge in [0.15, 0.2) is 5.82 Å². The fraction of sp³-hybridized carbons (Fsp3) is 0.0185. The molecule has 9 aromatic rings. The summed E-state index contributed by atoms with van der Waals surface area (Å²) in [4.78, 5) is 12.7. The van der Waals surface area contributed by atoms with Gasteiger partial charge in [-0.2, -0.15) is 5.26 Å². The van der Waals surface area contributed by atoms with Crippen LogP contribution >= 0.6 is 11.8 Å². The molecule has 8 aromatic carbocycles. The number of nitrogens with zero attached hydrogens (tertiary/aromatic N) is 3. The Hall–Kier alpha value is -7.32. The number of nitriles is 1. The first kappa shape index (κ1) is 34.0. The van der Waals surface area contributed by atoms with E-state index in [1.807, 2.05) is 30.3 Å². The Bertz CT molecular complexity index is 3060. The van der Waals surface area contributed by atoms with Crippen molar-refractivity contribution in [2.45, 2.75) is 15.2 Å². The van der Waals surface area contributed by atoms with Crippen molar-refractivity contribution in [2.24, 2.45) is 0 Å². The van der Waals surface area contributed by atoms with Crippen molar-refractivity contribution in [1.82, 2.24) is 9.97 Å². The van der Waals surface area contributed by atoms with Gasteiger partial charge in [-0.3, -0.25) is 0 Å². The largest absolute Gasteiger partial charge is 0.228 e. The fourth-order valence-corrected chi connectivity index (χ4v) is 10.1. The number of benzene rings is 8. The van der Waals surface area contributed by atoms with Gasteiger partial charge in [0.25, 0.3) is 0 Å². The highest BCUT2D eigenvalue weighted by Gasteiger charge is 2.50. The molecule has 0 atom stereocenters. The van der Waals surface area contributed by atoms with E-state index >= 15 is 0 Å². The summed E-state index contributed by atoms with van der Waals surface area (Å²) in [5, 5.41) is 10.1. The van der Waals surface area contributed by atoms with E-state index in [0.29, 0.717) is 11.4 Å². The third kappa shape index (κ3) is 5.44. The smallest absolute Gasteiger partial charge is 0.160 e. The van der Waals surface area contributed by atoms with E-state index in [1.165, 1.54) is 43.2 Å². The maximum atomic E-state index is 10.1. The van der Waals surface area contributed by atoms with Crippen LogP contribution < -0.4 is 0 Å². The Morgan fingerprint density at radius 3 is 1.48 bits per heavy atom. The predicted molar refractivity (Wildman–Crippen MR) is 235 cm³/mol. The lowest BCUT2D eigenvalue weighted by atomic mass is 9.66. The molecule has 1 aliphatic heterocycles. The first-order valence-electron chi connectivity index (χ1n) is 19.4. The predicted octanol–water partition coefficient (Wildman–Crippen LogP) is 13.5. The minimum atomic E-state index is -0.579. The highest BCUT2D eigenvalue weighted by Crippen LogP contribution is 2.62. The van der Waals surface area contributed by atoms with Gasteiger partial charge in [0, 0.05) is 26.5 Å². The van der Waals surface area contributed by atoms with E-state index in [1.54, 1.807) is 11.8 Å². The highest BCUT2D eigenvalue weighted by atomic mass is 32.2. The molecule has 0 saturated heterocycles. The zero-order valence-electron chi connectivity index (χ0n) is 31.3. The molecule has 2 heterocycles. The second kappa shape index (κ2) is 13.7. The normalized spacial score (nSPS) is 12.9. The van der Waals surface area contributed by atoms with Crippen LogP contribution in [0.25, 0.3) is 67.3 Å². The van der Waals surface area contributed by atoms with Crippen LogP contribution in [0.4, 0.5) is 0 Å². The average molecular weight is 756 g/mol. The Morgan fingerprint density at radius 2 is 0.862 bits per heavy atom. The van der Waals surface area contributed by atoms with Crippen LogP contribution in [0, 0.1) is 11.3 Å². The molecule has 0 bridgehead atoms. The quantitative estimate of drug-likeness (QED) is 0.175. The Labute approximate surface area is 342 Å².